The van der Waals surface area contributed by atoms with E-state index in [0.29, 0.717) is 15.8 Å². The summed E-state index contributed by atoms with van der Waals surface area (Å²) < 4.78 is 5.87. The molecule has 26 heavy (non-hydrogen) atoms. The van der Waals surface area contributed by atoms with Gasteiger partial charge in [-0.1, -0.05) is 12.2 Å². The Kier molecular flexibility index (Phi) is 4.14. The molecule has 3 amide bonds. The van der Waals surface area contributed by atoms with Gasteiger partial charge in [-0.2, -0.15) is 10.1 Å². The summed E-state index contributed by atoms with van der Waals surface area (Å²) in [6, 6.07) is 5.08. The Labute approximate surface area is 158 Å². The van der Waals surface area contributed by atoms with E-state index in [0.717, 1.165) is 11.4 Å². The highest BCUT2D eigenvalue weighted by Crippen LogP contribution is 2.52. The topological polar surface area (TPSA) is 102 Å². The highest BCUT2D eigenvalue weighted by Gasteiger charge is 2.59. The summed E-state index contributed by atoms with van der Waals surface area (Å²) in [4.78, 5) is 35.9. The number of benzene rings is 1. The molecule has 2 bridgehead atoms. The van der Waals surface area contributed by atoms with Crippen molar-refractivity contribution in [3.05, 3.63) is 40.4 Å². The molecule has 0 spiro atoms. The molecule has 1 aromatic rings. The number of imide groups is 1. The summed E-state index contributed by atoms with van der Waals surface area (Å²) in [7, 11) is 0. The van der Waals surface area contributed by atoms with Gasteiger partial charge in [0.05, 0.1) is 22.5 Å². The lowest BCUT2D eigenvalue weighted by Crippen LogP contribution is -2.28. The first-order valence-electron chi connectivity index (χ1n) is 8.26. The predicted octanol–water partition coefficient (Wildman–Crippen LogP) is 1.45. The first-order valence-corrected chi connectivity index (χ1v) is 9.06. The molecule has 0 aromatic heterocycles. The van der Waals surface area contributed by atoms with Crippen molar-refractivity contribution in [3.8, 4) is 5.75 Å². The van der Waals surface area contributed by atoms with Gasteiger partial charge >= 0.3 is 0 Å². The quantitative estimate of drug-likeness (QED) is 0.444. The molecule has 1 saturated carbocycles. The van der Waals surface area contributed by atoms with Crippen LogP contribution in [0.3, 0.4) is 0 Å². The number of carbonyl (C=O) groups is 3. The third-order valence-corrected chi connectivity index (χ3v) is 5.71. The zero-order valence-electron chi connectivity index (χ0n) is 13.7. The molecule has 7 nitrogen and oxygen atoms in total. The van der Waals surface area contributed by atoms with Gasteiger partial charge in [-0.15, -0.1) is 0 Å². The predicted molar refractivity (Wildman–Crippen MR) is 96.0 cm³/mol. The Morgan fingerprint density at radius 1 is 1.27 bits per heavy atom. The van der Waals surface area contributed by atoms with E-state index < -0.39 is 5.91 Å². The Morgan fingerprint density at radius 2 is 1.92 bits per heavy atom. The monoisotopic (exact) mass is 417 g/mol. The highest BCUT2D eigenvalue weighted by molar-refractivity contribution is 9.10. The minimum Gasteiger partial charge on any atom is -0.483 e. The van der Waals surface area contributed by atoms with E-state index in [1.165, 1.54) is 6.21 Å². The van der Waals surface area contributed by atoms with E-state index in [1.807, 2.05) is 12.2 Å². The van der Waals surface area contributed by atoms with Gasteiger partial charge in [0.1, 0.15) is 5.75 Å². The molecule has 4 unspecified atom stereocenters. The fraction of sp³-hybridized carbons (Fsp3) is 0.333. The summed E-state index contributed by atoms with van der Waals surface area (Å²) in [6.07, 6.45) is 6.46. The summed E-state index contributed by atoms with van der Waals surface area (Å²) in [5.74, 6) is -0.719. The number of fused-ring (bicyclic) bond motifs is 5. The van der Waals surface area contributed by atoms with E-state index in [2.05, 4.69) is 21.0 Å². The Morgan fingerprint density at radius 3 is 2.50 bits per heavy atom. The molecule has 1 aromatic carbocycles. The molecule has 4 rings (SSSR count). The second-order valence-corrected chi connectivity index (χ2v) is 7.53. The summed E-state index contributed by atoms with van der Waals surface area (Å²) in [6.45, 7) is -0.220. The second-order valence-electron chi connectivity index (χ2n) is 6.68. The van der Waals surface area contributed by atoms with Crippen LogP contribution in [0, 0.1) is 23.7 Å². The van der Waals surface area contributed by atoms with Gasteiger partial charge in [0.25, 0.3) is 17.7 Å². The first kappa shape index (κ1) is 17.0. The number of ether oxygens (including phenoxy) is 1. The van der Waals surface area contributed by atoms with Gasteiger partial charge in [-0.05, 0) is 57.9 Å². The van der Waals surface area contributed by atoms with Gasteiger partial charge in [-0.3, -0.25) is 14.4 Å². The van der Waals surface area contributed by atoms with Crippen molar-refractivity contribution in [2.24, 2.45) is 34.5 Å². The summed E-state index contributed by atoms with van der Waals surface area (Å²) in [5.41, 5.74) is 5.73. The maximum absolute atomic E-state index is 12.6. The number of nitrogens with zero attached hydrogens (tertiary/aromatic N) is 2. The lowest BCUT2D eigenvalue weighted by molar-refractivity contribution is -0.140. The van der Waals surface area contributed by atoms with E-state index >= 15 is 0 Å². The molecule has 3 aliphatic rings. The van der Waals surface area contributed by atoms with Gasteiger partial charge in [0.15, 0.2) is 6.61 Å². The number of carbonyl (C=O) groups excluding carboxylic acids is 3. The largest absolute Gasteiger partial charge is 0.483 e. The SMILES string of the molecule is NC(=O)COc1ccc(C=NN2C(=O)C3C4C=CC(C4)C3C2=O)cc1Br. The smallest absolute Gasteiger partial charge is 0.255 e. The van der Waals surface area contributed by atoms with Crippen molar-refractivity contribution in [2.45, 2.75) is 6.42 Å². The second kappa shape index (κ2) is 6.35. The van der Waals surface area contributed by atoms with Gasteiger partial charge < -0.3 is 10.5 Å². The molecule has 8 heteroatoms. The molecule has 2 aliphatic carbocycles. The first-order chi connectivity index (χ1) is 12.5. The van der Waals surface area contributed by atoms with Crippen LogP contribution in [0.25, 0.3) is 0 Å². The normalized spacial score (nSPS) is 29.0. The number of primary amides is 1. The third-order valence-electron chi connectivity index (χ3n) is 5.10. The summed E-state index contributed by atoms with van der Waals surface area (Å²) in [5, 5.41) is 5.13. The van der Waals surface area contributed by atoms with E-state index in [9.17, 15) is 14.4 Å². The van der Waals surface area contributed by atoms with Crippen molar-refractivity contribution in [3.63, 3.8) is 0 Å². The fourth-order valence-electron chi connectivity index (χ4n) is 3.99. The zero-order valence-corrected chi connectivity index (χ0v) is 15.3. The molecule has 1 saturated heterocycles. The highest BCUT2D eigenvalue weighted by atomic mass is 79.9. The Bertz CT molecular complexity index is 836. The number of hydrogen-bond donors (Lipinski definition) is 1. The third kappa shape index (κ3) is 2.74. The number of rotatable bonds is 5. The van der Waals surface area contributed by atoms with Crippen molar-refractivity contribution in [1.29, 1.82) is 0 Å². The van der Waals surface area contributed by atoms with Crippen molar-refractivity contribution in [1.82, 2.24) is 5.01 Å². The minimum absolute atomic E-state index is 0.164. The van der Waals surface area contributed by atoms with Gasteiger partial charge in [0, 0.05) is 0 Å². The number of nitrogens with two attached hydrogens (primary N) is 1. The van der Waals surface area contributed by atoms with E-state index in [1.54, 1.807) is 18.2 Å². The fourth-order valence-corrected chi connectivity index (χ4v) is 4.50. The average Bonchev–Trinajstić information content (AvgIpc) is 3.27. The van der Waals surface area contributed by atoms with Gasteiger partial charge in [0.2, 0.25) is 0 Å². The van der Waals surface area contributed by atoms with E-state index in [4.69, 9.17) is 10.5 Å². The Balaban J connectivity index is 1.49. The Hall–Kier alpha value is -2.48. The van der Waals surface area contributed by atoms with Crippen LogP contribution in [0.1, 0.15) is 12.0 Å². The van der Waals surface area contributed by atoms with Crippen LogP contribution in [0.4, 0.5) is 0 Å². The maximum atomic E-state index is 12.6. The molecule has 0 radical (unpaired) electrons. The van der Waals surface area contributed by atoms with Crippen LogP contribution in [0.2, 0.25) is 0 Å². The standard InChI is InChI=1S/C18H16BrN3O4/c19-12-5-9(1-4-13(12)26-8-14(20)23)7-21-22-17(24)15-10-2-3-11(6-10)16(15)18(22)25/h1-5,7,10-11,15-16H,6,8H2,(H2,20,23). The molecular weight excluding hydrogens is 402 g/mol. The zero-order chi connectivity index (χ0) is 18.4. The number of hydrogen-bond acceptors (Lipinski definition) is 5. The van der Waals surface area contributed by atoms with Crippen LogP contribution in [-0.4, -0.2) is 35.6 Å². The number of halogens is 1. The molecule has 134 valence electrons. The van der Waals surface area contributed by atoms with Crippen LogP contribution in [0.15, 0.2) is 39.9 Å². The number of amides is 3. The van der Waals surface area contributed by atoms with Gasteiger partial charge in [-0.25, -0.2) is 0 Å². The minimum atomic E-state index is -0.567. The van der Waals surface area contributed by atoms with Crippen LogP contribution in [-0.2, 0) is 14.4 Å². The van der Waals surface area contributed by atoms with E-state index in [-0.39, 0.29) is 42.1 Å². The molecule has 1 aliphatic heterocycles. The van der Waals surface area contributed by atoms with Crippen molar-refractivity contribution >= 4 is 39.9 Å². The average molecular weight is 418 g/mol. The molecule has 4 atom stereocenters. The molecule has 2 fully saturated rings. The van der Waals surface area contributed by atoms with Crippen LogP contribution < -0.4 is 10.5 Å². The lowest BCUT2D eigenvalue weighted by Gasteiger charge is -2.13. The van der Waals surface area contributed by atoms with Crippen molar-refractivity contribution < 1.29 is 19.1 Å². The number of hydrazone groups is 1. The lowest BCUT2D eigenvalue weighted by atomic mass is 9.85. The molecule has 1 heterocycles. The maximum Gasteiger partial charge on any atom is 0.255 e. The number of allylic oxidation sites excluding steroid dienone is 2. The van der Waals surface area contributed by atoms with Crippen LogP contribution in [0.5, 0.6) is 5.75 Å². The summed E-state index contributed by atoms with van der Waals surface area (Å²) >= 11 is 3.34. The van der Waals surface area contributed by atoms with Crippen LogP contribution >= 0.6 is 15.9 Å². The molecule has 2 N–H and O–H groups in total. The molecular formula is C18H16BrN3O4. The van der Waals surface area contributed by atoms with Crippen molar-refractivity contribution in [2.75, 3.05) is 6.61 Å².